The van der Waals surface area contributed by atoms with Crippen LogP contribution in [0.4, 0.5) is 5.69 Å². The van der Waals surface area contributed by atoms with Crippen LogP contribution < -0.4 is 9.80 Å². The van der Waals surface area contributed by atoms with Crippen LogP contribution in [0.1, 0.15) is 33.0 Å². The summed E-state index contributed by atoms with van der Waals surface area (Å²) in [6.45, 7) is 5.32. The summed E-state index contributed by atoms with van der Waals surface area (Å²) in [5, 5.41) is 0. The molecule has 1 fully saturated rings. The molecule has 1 aliphatic rings. The fourth-order valence-electron chi connectivity index (χ4n) is 4.08. The number of hydrogen-bond donors (Lipinski definition) is 1. The molecule has 0 saturated carbocycles. The molecule has 0 atom stereocenters. The van der Waals surface area contributed by atoms with Crippen molar-refractivity contribution in [1.82, 2.24) is 0 Å². The number of thiophene rings is 1. The first-order chi connectivity index (χ1) is 13.7. The van der Waals surface area contributed by atoms with Crippen LogP contribution >= 0.6 is 11.3 Å². The first-order valence-electron chi connectivity index (χ1n) is 10.0. The second kappa shape index (κ2) is 8.72. The number of rotatable bonds is 5. The molecule has 1 amide bonds. The minimum absolute atomic E-state index is 0.140. The van der Waals surface area contributed by atoms with Crippen molar-refractivity contribution in [1.29, 1.82) is 0 Å². The van der Waals surface area contributed by atoms with Gasteiger partial charge in [-0.15, -0.1) is 11.3 Å². The third-order valence-electron chi connectivity index (χ3n) is 5.53. The fraction of sp³-hybridized carbons (Fsp3) is 0.292. The maximum atomic E-state index is 13.4. The van der Waals surface area contributed by atoms with E-state index in [9.17, 15) is 4.79 Å². The van der Waals surface area contributed by atoms with E-state index in [1.54, 1.807) is 16.2 Å². The van der Waals surface area contributed by atoms with E-state index in [4.69, 9.17) is 0 Å². The van der Waals surface area contributed by atoms with Crippen molar-refractivity contribution in [2.24, 2.45) is 0 Å². The van der Waals surface area contributed by atoms with Gasteiger partial charge in [0, 0.05) is 35.0 Å². The van der Waals surface area contributed by atoms with Gasteiger partial charge in [-0.05, 0) is 31.2 Å². The molecule has 2 heterocycles. The third-order valence-corrected chi connectivity index (χ3v) is 6.52. The number of piperidine rings is 1. The maximum Gasteiger partial charge on any atom is 0.268 e. The summed E-state index contributed by atoms with van der Waals surface area (Å²) in [5.41, 5.74) is 2.40. The number of anilines is 1. The van der Waals surface area contributed by atoms with Crippen molar-refractivity contribution >= 4 is 22.9 Å². The van der Waals surface area contributed by atoms with Crippen LogP contribution in [0, 0.1) is 6.92 Å². The third kappa shape index (κ3) is 4.34. The number of carbonyl (C=O) groups is 1. The predicted molar refractivity (Wildman–Crippen MR) is 116 cm³/mol. The lowest BCUT2D eigenvalue weighted by atomic mass is 10.0. The molecule has 0 radical (unpaired) electrons. The molecule has 0 aliphatic carbocycles. The monoisotopic (exact) mass is 391 g/mol. The lowest BCUT2D eigenvalue weighted by Gasteiger charge is -2.36. The van der Waals surface area contributed by atoms with Crippen LogP contribution in [0.3, 0.4) is 0 Å². The summed E-state index contributed by atoms with van der Waals surface area (Å²) in [6, 6.07) is 25.1. The molecule has 28 heavy (non-hydrogen) atoms. The Morgan fingerprint density at radius 2 is 1.61 bits per heavy atom. The minimum Gasteiger partial charge on any atom is -0.331 e. The zero-order valence-corrected chi connectivity index (χ0v) is 17.1. The highest BCUT2D eigenvalue weighted by atomic mass is 32.1. The molecule has 4 heteroatoms. The number of likely N-dealkylation sites (tertiary alicyclic amines) is 1. The average molecular weight is 392 g/mol. The number of amides is 1. The van der Waals surface area contributed by atoms with Crippen LogP contribution in [0.15, 0.2) is 72.8 Å². The fourth-order valence-corrected chi connectivity index (χ4v) is 4.89. The summed E-state index contributed by atoms with van der Waals surface area (Å²) < 4.78 is 0. The SMILES string of the molecule is Cc1ccc(C(=O)N(c2ccccc2)C2CC[NH+](Cc3ccccc3)CC2)s1. The van der Waals surface area contributed by atoms with Crippen molar-refractivity contribution in [2.45, 2.75) is 32.4 Å². The summed E-state index contributed by atoms with van der Waals surface area (Å²) >= 11 is 1.59. The van der Waals surface area contributed by atoms with E-state index in [-0.39, 0.29) is 11.9 Å². The molecule has 0 bridgehead atoms. The molecular formula is C24H27N2OS+. The Morgan fingerprint density at radius 1 is 0.964 bits per heavy atom. The number of benzene rings is 2. The van der Waals surface area contributed by atoms with Gasteiger partial charge in [0.15, 0.2) is 0 Å². The highest BCUT2D eigenvalue weighted by Gasteiger charge is 2.32. The zero-order chi connectivity index (χ0) is 19.3. The molecule has 1 aliphatic heterocycles. The molecule has 1 N–H and O–H groups in total. The van der Waals surface area contributed by atoms with Crippen LogP contribution in [0.5, 0.6) is 0 Å². The number of quaternary nitrogens is 1. The molecule has 3 nitrogen and oxygen atoms in total. The first kappa shape index (κ1) is 18.9. The number of carbonyl (C=O) groups excluding carboxylic acids is 1. The van der Waals surface area contributed by atoms with Crippen LogP contribution in [0.25, 0.3) is 0 Å². The topological polar surface area (TPSA) is 24.8 Å². The van der Waals surface area contributed by atoms with Crippen molar-refractivity contribution in [3.05, 3.63) is 88.1 Å². The van der Waals surface area contributed by atoms with Gasteiger partial charge in [-0.1, -0.05) is 48.5 Å². The summed E-state index contributed by atoms with van der Waals surface area (Å²) in [7, 11) is 0. The zero-order valence-electron chi connectivity index (χ0n) is 16.3. The van der Waals surface area contributed by atoms with E-state index in [1.165, 1.54) is 10.4 Å². The van der Waals surface area contributed by atoms with Crippen molar-refractivity contribution < 1.29 is 9.69 Å². The lowest BCUT2D eigenvalue weighted by Crippen LogP contribution is -3.12. The normalized spacial score (nSPS) is 19.3. The first-order valence-corrected chi connectivity index (χ1v) is 10.8. The van der Waals surface area contributed by atoms with Gasteiger partial charge in [0.25, 0.3) is 5.91 Å². The van der Waals surface area contributed by atoms with Gasteiger partial charge in [-0.2, -0.15) is 0 Å². The quantitative estimate of drug-likeness (QED) is 0.700. The molecule has 0 spiro atoms. The lowest BCUT2D eigenvalue weighted by molar-refractivity contribution is -0.918. The highest BCUT2D eigenvalue weighted by Crippen LogP contribution is 2.26. The highest BCUT2D eigenvalue weighted by molar-refractivity contribution is 7.14. The molecule has 1 saturated heterocycles. The number of hydrogen-bond acceptors (Lipinski definition) is 2. The molecule has 0 unspecified atom stereocenters. The van der Waals surface area contributed by atoms with Gasteiger partial charge in [-0.3, -0.25) is 4.79 Å². The summed E-state index contributed by atoms with van der Waals surface area (Å²) in [6.07, 6.45) is 2.07. The van der Waals surface area contributed by atoms with Crippen molar-refractivity contribution in [3.63, 3.8) is 0 Å². The van der Waals surface area contributed by atoms with E-state index < -0.39 is 0 Å². The number of aryl methyl sites for hydroxylation is 1. The molecule has 2 aromatic carbocycles. The molecular weight excluding hydrogens is 364 g/mol. The van der Waals surface area contributed by atoms with E-state index >= 15 is 0 Å². The average Bonchev–Trinajstić information content (AvgIpc) is 3.17. The minimum atomic E-state index is 0.140. The van der Waals surface area contributed by atoms with E-state index in [1.807, 2.05) is 35.2 Å². The van der Waals surface area contributed by atoms with Gasteiger partial charge in [-0.25, -0.2) is 0 Å². The van der Waals surface area contributed by atoms with E-state index in [0.29, 0.717) is 0 Å². The van der Waals surface area contributed by atoms with Gasteiger partial charge < -0.3 is 9.80 Å². The Hall–Kier alpha value is -2.43. The van der Waals surface area contributed by atoms with Gasteiger partial charge in [0.2, 0.25) is 0 Å². The Kier molecular flexibility index (Phi) is 5.89. The van der Waals surface area contributed by atoms with Crippen molar-refractivity contribution in [3.8, 4) is 0 Å². The van der Waals surface area contributed by atoms with E-state index in [0.717, 1.165) is 43.0 Å². The molecule has 144 valence electrons. The number of nitrogens with one attached hydrogen (secondary N) is 1. The van der Waals surface area contributed by atoms with Gasteiger partial charge >= 0.3 is 0 Å². The Morgan fingerprint density at radius 3 is 2.21 bits per heavy atom. The predicted octanol–water partition coefficient (Wildman–Crippen LogP) is 3.95. The molecule has 1 aromatic heterocycles. The smallest absolute Gasteiger partial charge is 0.268 e. The number of para-hydroxylation sites is 1. The molecule has 3 aromatic rings. The Balaban J connectivity index is 1.49. The standard InChI is InChI=1S/C24H26N2OS/c1-19-12-13-23(28-19)24(27)26(21-10-6-3-7-11-21)22-14-16-25(17-15-22)18-20-8-4-2-5-9-20/h2-13,22H,14-18H2,1H3/p+1. The van der Waals surface area contributed by atoms with Crippen LogP contribution in [-0.4, -0.2) is 25.0 Å². The second-order valence-electron chi connectivity index (χ2n) is 7.56. The largest absolute Gasteiger partial charge is 0.331 e. The summed E-state index contributed by atoms with van der Waals surface area (Å²) in [5.74, 6) is 0.140. The summed E-state index contributed by atoms with van der Waals surface area (Å²) in [4.78, 5) is 19.0. The maximum absolute atomic E-state index is 13.4. The Bertz CT molecular complexity index is 899. The Labute approximate surface area is 171 Å². The number of nitrogens with zero attached hydrogens (tertiary/aromatic N) is 1. The molecule has 4 rings (SSSR count). The van der Waals surface area contributed by atoms with Gasteiger partial charge in [0.1, 0.15) is 6.54 Å². The van der Waals surface area contributed by atoms with Gasteiger partial charge in [0.05, 0.1) is 18.0 Å². The van der Waals surface area contributed by atoms with Crippen molar-refractivity contribution in [2.75, 3.05) is 18.0 Å². The van der Waals surface area contributed by atoms with Crippen LogP contribution in [0.2, 0.25) is 0 Å². The van der Waals surface area contributed by atoms with E-state index in [2.05, 4.69) is 49.4 Å². The second-order valence-corrected chi connectivity index (χ2v) is 8.85. The van der Waals surface area contributed by atoms with Crippen LogP contribution in [-0.2, 0) is 6.54 Å².